The molecule has 0 heterocycles. The highest BCUT2D eigenvalue weighted by Crippen LogP contribution is 2.87. The van der Waals surface area contributed by atoms with Crippen LogP contribution in [0.2, 0.25) is 0 Å². The van der Waals surface area contributed by atoms with Crippen molar-refractivity contribution in [1.29, 1.82) is 0 Å². The zero-order valence-electron chi connectivity index (χ0n) is 13.1. The van der Waals surface area contributed by atoms with Gasteiger partial charge in [-0.15, -0.1) is 0 Å². The summed E-state index contributed by atoms with van der Waals surface area (Å²) < 4.78 is 11.9. The maximum absolute atomic E-state index is 2.40. The van der Waals surface area contributed by atoms with Gasteiger partial charge in [-0.3, -0.25) is 0 Å². The summed E-state index contributed by atoms with van der Waals surface area (Å²) in [4.78, 5) is 0. The molecular formula is C10H30N5P2+. The van der Waals surface area contributed by atoms with Crippen LogP contribution in [0, 0.1) is 0 Å². The SMILES string of the molecule is CN(C)P(N(C)C)[P+](N(C)C)(N(C)C)N(C)C. The van der Waals surface area contributed by atoms with Gasteiger partial charge in [-0.1, -0.05) is 0 Å². The summed E-state index contributed by atoms with van der Waals surface area (Å²) in [6.45, 7) is 0. The van der Waals surface area contributed by atoms with E-state index in [2.05, 4.69) is 93.8 Å². The molecule has 0 aromatic carbocycles. The predicted octanol–water partition coefficient (Wildman–Crippen LogP) is 1.78. The van der Waals surface area contributed by atoms with Crippen molar-refractivity contribution >= 4 is 15.3 Å². The van der Waals surface area contributed by atoms with E-state index in [1.165, 1.54) is 0 Å². The Bertz CT molecular complexity index is 201. The molecule has 0 aromatic rings. The largest absolute Gasteiger partial charge is 0.276 e. The van der Waals surface area contributed by atoms with E-state index in [1.807, 2.05) is 0 Å². The third kappa shape index (κ3) is 3.36. The summed E-state index contributed by atoms with van der Waals surface area (Å²) in [6.07, 6.45) is 0. The van der Waals surface area contributed by atoms with Crippen LogP contribution in [0.5, 0.6) is 0 Å². The van der Waals surface area contributed by atoms with E-state index in [0.29, 0.717) is 0 Å². The van der Waals surface area contributed by atoms with Gasteiger partial charge >= 0.3 is 0 Å². The maximum atomic E-state index is 2.40. The fourth-order valence-electron chi connectivity index (χ4n) is 2.39. The van der Waals surface area contributed by atoms with E-state index in [0.717, 1.165) is 0 Å². The molecule has 0 aliphatic carbocycles. The molecule has 0 spiro atoms. The molecule has 0 fully saturated rings. The van der Waals surface area contributed by atoms with Crippen LogP contribution >= 0.6 is 15.3 Å². The quantitative estimate of drug-likeness (QED) is 0.688. The predicted molar refractivity (Wildman–Crippen MR) is 82.3 cm³/mol. The first-order valence-corrected chi connectivity index (χ1v) is 9.27. The standard InChI is InChI=1S/C10H30N5P2/c1-11(2)16(12(3)4)17(13(5)6,14(7)8)15(9)10/h1-10H3/q+1. The third-order valence-corrected chi connectivity index (χ3v) is 14.5. The second-order valence-corrected chi connectivity index (χ2v) is 13.3. The highest BCUT2D eigenvalue weighted by molar-refractivity contribution is 8.33. The molecule has 0 bridgehead atoms. The Morgan fingerprint density at radius 1 is 0.529 bits per heavy atom. The van der Waals surface area contributed by atoms with Gasteiger partial charge in [0.25, 0.3) is 15.3 Å². The van der Waals surface area contributed by atoms with E-state index in [1.54, 1.807) is 0 Å². The molecule has 0 radical (unpaired) electrons. The number of hydrogen-bond acceptors (Lipinski definition) is 5. The van der Waals surface area contributed by atoms with Crippen LogP contribution in [0.25, 0.3) is 0 Å². The van der Waals surface area contributed by atoms with Crippen molar-refractivity contribution in [3.8, 4) is 0 Å². The Morgan fingerprint density at radius 3 is 0.824 bits per heavy atom. The molecule has 5 nitrogen and oxygen atoms in total. The molecule has 0 unspecified atom stereocenters. The first-order valence-electron chi connectivity index (χ1n) is 5.67. The van der Waals surface area contributed by atoms with Gasteiger partial charge in [0.15, 0.2) is 0 Å². The Labute approximate surface area is 110 Å². The van der Waals surface area contributed by atoms with Crippen molar-refractivity contribution in [2.24, 2.45) is 0 Å². The van der Waals surface area contributed by atoms with Gasteiger partial charge in [0.1, 0.15) is 0 Å². The first kappa shape index (κ1) is 17.7. The fraction of sp³-hybridized carbons (Fsp3) is 1.00. The third-order valence-electron chi connectivity index (χ3n) is 2.57. The Balaban J connectivity index is 5.70. The minimum Gasteiger partial charge on any atom is -0.240 e. The zero-order valence-corrected chi connectivity index (χ0v) is 14.9. The van der Waals surface area contributed by atoms with E-state index < -0.39 is 7.40 Å². The first-order chi connectivity index (χ1) is 7.59. The van der Waals surface area contributed by atoms with E-state index in [4.69, 9.17) is 0 Å². The van der Waals surface area contributed by atoms with Crippen molar-refractivity contribution in [2.45, 2.75) is 0 Å². The molecular weight excluding hydrogens is 252 g/mol. The number of rotatable bonds is 6. The molecule has 0 aromatic heterocycles. The molecule has 0 aliphatic heterocycles. The summed E-state index contributed by atoms with van der Waals surface area (Å²) in [5.74, 6) is 0. The lowest BCUT2D eigenvalue weighted by Crippen LogP contribution is -2.39. The normalized spacial score (nSPS) is 14.1. The molecule has 0 amide bonds. The lowest BCUT2D eigenvalue weighted by Gasteiger charge is -2.46. The Hall–Kier alpha value is 0.660. The van der Waals surface area contributed by atoms with Crippen molar-refractivity contribution in [2.75, 3.05) is 70.5 Å². The zero-order chi connectivity index (χ0) is 14.0. The second-order valence-electron chi connectivity index (χ2n) is 5.04. The molecule has 0 N–H and O–H groups in total. The summed E-state index contributed by atoms with van der Waals surface area (Å²) in [5, 5.41) is 0. The average molecular weight is 282 g/mol. The topological polar surface area (TPSA) is 16.2 Å². The lowest BCUT2D eigenvalue weighted by molar-refractivity contribution is 0.468. The summed E-state index contributed by atoms with van der Waals surface area (Å²) in [6, 6.07) is 0. The number of hydrogen-bond donors (Lipinski definition) is 0. The second kappa shape index (κ2) is 6.72. The monoisotopic (exact) mass is 282 g/mol. The van der Waals surface area contributed by atoms with Crippen LogP contribution in [0.4, 0.5) is 0 Å². The summed E-state index contributed by atoms with van der Waals surface area (Å²) in [7, 11) is 19.9. The van der Waals surface area contributed by atoms with Gasteiger partial charge < -0.3 is 0 Å². The summed E-state index contributed by atoms with van der Waals surface area (Å²) in [5.41, 5.74) is 0. The molecule has 0 saturated carbocycles. The van der Waals surface area contributed by atoms with Crippen LogP contribution in [0.3, 0.4) is 0 Å². The van der Waals surface area contributed by atoms with E-state index in [-0.39, 0.29) is 7.91 Å². The van der Waals surface area contributed by atoms with Crippen LogP contribution in [0.15, 0.2) is 0 Å². The van der Waals surface area contributed by atoms with Crippen LogP contribution < -0.4 is 0 Å². The van der Waals surface area contributed by atoms with Gasteiger partial charge in [-0.2, -0.15) is 14.0 Å². The Kier molecular flexibility index (Phi) is 6.98. The van der Waals surface area contributed by atoms with Gasteiger partial charge in [0, 0.05) is 42.3 Å². The minimum absolute atomic E-state index is 0.389. The van der Waals surface area contributed by atoms with Gasteiger partial charge in [-0.25, -0.2) is 9.34 Å². The van der Waals surface area contributed by atoms with E-state index >= 15 is 0 Å². The highest BCUT2D eigenvalue weighted by Gasteiger charge is 2.58. The Morgan fingerprint density at radius 2 is 0.765 bits per heavy atom. The van der Waals surface area contributed by atoms with Crippen molar-refractivity contribution in [3.05, 3.63) is 0 Å². The molecule has 0 saturated heterocycles. The van der Waals surface area contributed by atoms with Gasteiger partial charge in [-0.05, 0) is 28.2 Å². The highest BCUT2D eigenvalue weighted by atomic mass is 32.1. The van der Waals surface area contributed by atoms with Crippen molar-refractivity contribution in [3.63, 3.8) is 0 Å². The minimum atomic E-state index is -1.52. The smallest absolute Gasteiger partial charge is 0.240 e. The number of nitrogens with zero attached hydrogens (tertiary/aromatic N) is 5. The molecule has 7 heteroatoms. The van der Waals surface area contributed by atoms with Crippen LogP contribution in [0.1, 0.15) is 0 Å². The molecule has 17 heavy (non-hydrogen) atoms. The molecule has 0 aliphatic rings. The lowest BCUT2D eigenvalue weighted by atomic mass is 11.2. The van der Waals surface area contributed by atoms with Crippen LogP contribution in [-0.2, 0) is 0 Å². The van der Waals surface area contributed by atoms with E-state index in [9.17, 15) is 0 Å². The van der Waals surface area contributed by atoms with Crippen molar-refractivity contribution < 1.29 is 0 Å². The summed E-state index contributed by atoms with van der Waals surface area (Å²) >= 11 is 0. The van der Waals surface area contributed by atoms with Gasteiger partial charge in [0.05, 0.1) is 0 Å². The average Bonchev–Trinajstić information content (AvgIpc) is 2.09. The van der Waals surface area contributed by atoms with Crippen LogP contribution in [-0.4, -0.2) is 93.8 Å². The fourth-order valence-corrected chi connectivity index (χ4v) is 12.9. The molecule has 0 atom stereocenters. The molecule has 0 rings (SSSR count). The molecule has 104 valence electrons. The maximum Gasteiger partial charge on any atom is 0.276 e. The van der Waals surface area contributed by atoms with Gasteiger partial charge in [0.2, 0.25) is 0 Å². The van der Waals surface area contributed by atoms with Crippen molar-refractivity contribution in [1.82, 2.24) is 23.4 Å².